The minimum atomic E-state index is -2.18. The molecule has 26 heavy (non-hydrogen) atoms. The minimum absolute atomic E-state index is 0.310. The van der Waals surface area contributed by atoms with Gasteiger partial charge in [0, 0.05) is 28.9 Å². The summed E-state index contributed by atoms with van der Waals surface area (Å²) in [5, 5.41) is 1.17. The first-order valence-corrected chi connectivity index (χ1v) is 9.16. The minimum Gasteiger partial charge on any atom is -0.359 e. The molecule has 0 fully saturated rings. The summed E-state index contributed by atoms with van der Waals surface area (Å²) in [4.78, 5) is 3.50. The average Bonchev–Trinajstić information content (AvgIpc) is 3.19. The van der Waals surface area contributed by atoms with E-state index in [-0.39, 0.29) is 6.17 Å². The van der Waals surface area contributed by atoms with E-state index >= 15 is 0 Å². The highest BCUT2D eigenvalue weighted by Gasteiger charge is 2.27. The molecular formula is C23H27N3. The van der Waals surface area contributed by atoms with Crippen molar-refractivity contribution in [3.63, 3.8) is 0 Å². The third-order valence-electron chi connectivity index (χ3n) is 5.33. The largest absolute Gasteiger partial charge is 0.359 e. The Labute approximate surface area is 160 Å². The van der Waals surface area contributed by atoms with E-state index in [1.54, 1.807) is 6.20 Å². The number of hydrogen-bond acceptors (Lipinski definition) is 2. The van der Waals surface area contributed by atoms with Gasteiger partial charge in [-0.05, 0) is 43.0 Å². The Bertz CT molecular complexity index is 1080. The quantitative estimate of drug-likeness (QED) is 0.607. The van der Waals surface area contributed by atoms with Crippen LogP contribution >= 0.6 is 0 Å². The van der Waals surface area contributed by atoms with Crippen LogP contribution in [0.25, 0.3) is 16.6 Å². The molecule has 0 unspecified atom stereocenters. The fourth-order valence-electron chi connectivity index (χ4n) is 3.89. The molecule has 3 nitrogen and oxygen atoms in total. The molecule has 1 aliphatic rings. The Kier molecular flexibility index (Phi) is 3.24. The van der Waals surface area contributed by atoms with Gasteiger partial charge in [-0.3, -0.25) is 4.57 Å². The van der Waals surface area contributed by atoms with Crippen molar-refractivity contribution in [1.82, 2.24) is 9.47 Å². The Morgan fingerprint density at radius 2 is 1.73 bits per heavy atom. The van der Waals surface area contributed by atoms with Crippen LogP contribution in [0.1, 0.15) is 41.9 Å². The summed E-state index contributed by atoms with van der Waals surface area (Å²) in [6, 6.07) is 16.8. The zero-order valence-electron chi connectivity index (χ0n) is 18.8. The van der Waals surface area contributed by atoms with Gasteiger partial charge in [0.1, 0.15) is 12.0 Å². The molecule has 0 N–H and O–H groups in total. The number of rotatable bonds is 3. The second kappa shape index (κ2) is 6.24. The highest BCUT2D eigenvalue weighted by Crippen LogP contribution is 2.39. The molecule has 1 aromatic heterocycles. The highest BCUT2D eigenvalue weighted by molar-refractivity contribution is 5.92. The first-order valence-electron chi connectivity index (χ1n) is 10.7. The van der Waals surface area contributed by atoms with Gasteiger partial charge < -0.3 is 9.80 Å². The van der Waals surface area contributed by atoms with Crippen molar-refractivity contribution >= 4 is 16.7 Å². The molecule has 0 spiro atoms. The molecule has 1 aliphatic heterocycles. The summed E-state index contributed by atoms with van der Waals surface area (Å²) < 4.78 is 25.8. The Hall–Kier alpha value is -2.68. The maximum absolute atomic E-state index is 7.86. The van der Waals surface area contributed by atoms with Crippen molar-refractivity contribution in [2.45, 2.75) is 39.8 Å². The van der Waals surface area contributed by atoms with Crippen LogP contribution in [-0.4, -0.2) is 22.6 Å². The van der Waals surface area contributed by atoms with Crippen LogP contribution in [0.15, 0.2) is 60.9 Å². The molecule has 134 valence electrons. The van der Waals surface area contributed by atoms with Crippen molar-refractivity contribution in [1.29, 1.82) is 0 Å². The molecule has 0 bridgehead atoms. The first kappa shape index (κ1) is 13.5. The number of para-hydroxylation sites is 2. The van der Waals surface area contributed by atoms with Crippen LogP contribution in [0.2, 0.25) is 0 Å². The third kappa shape index (κ3) is 2.42. The molecule has 1 atom stereocenters. The van der Waals surface area contributed by atoms with Crippen molar-refractivity contribution in [2.24, 2.45) is 0 Å². The van der Waals surface area contributed by atoms with Crippen molar-refractivity contribution in [3.05, 3.63) is 72.1 Å². The molecular weight excluding hydrogens is 318 g/mol. The summed E-state index contributed by atoms with van der Waals surface area (Å²) in [6.45, 7) is 6.27. The monoisotopic (exact) mass is 348 g/mol. The van der Waals surface area contributed by atoms with Gasteiger partial charge in [0.05, 0.1) is 11.2 Å². The van der Waals surface area contributed by atoms with Crippen LogP contribution in [0.4, 0.5) is 5.82 Å². The topological polar surface area (TPSA) is 11.4 Å². The molecule has 2 heterocycles. The maximum atomic E-state index is 7.86. The van der Waals surface area contributed by atoms with Crippen molar-refractivity contribution in [2.75, 3.05) is 11.9 Å². The SMILES string of the molecule is [2H]C([2H])([2H])N1C=CN(c2c(C)c3ccccc3n2-c2ccccc2C(C)C)[C@H]1C. The van der Waals surface area contributed by atoms with E-state index in [1.165, 1.54) is 15.8 Å². The van der Waals surface area contributed by atoms with Gasteiger partial charge in [-0.25, -0.2) is 0 Å². The molecule has 0 aliphatic carbocycles. The standard InChI is InChI=1S/C23H27N3/c1-16(2)19-10-6-8-12-21(19)26-22-13-9-7-11-20(22)17(3)23(26)25-15-14-24(5)18(25)4/h6-16,18H,1-5H3/t18-/m0/s1/i5D3. The number of anilines is 1. The Balaban J connectivity index is 1.99. The molecule has 4 rings (SSSR count). The number of aryl methyl sites for hydroxylation is 1. The van der Waals surface area contributed by atoms with E-state index in [0.29, 0.717) is 5.92 Å². The van der Waals surface area contributed by atoms with Gasteiger partial charge in [0.25, 0.3) is 0 Å². The number of nitrogens with zero attached hydrogens (tertiary/aromatic N) is 3. The van der Waals surface area contributed by atoms with Crippen LogP contribution in [0.3, 0.4) is 0 Å². The molecule has 2 aromatic carbocycles. The Morgan fingerprint density at radius 3 is 2.46 bits per heavy atom. The molecule has 3 aromatic rings. The Morgan fingerprint density at radius 1 is 1.00 bits per heavy atom. The summed E-state index contributed by atoms with van der Waals surface area (Å²) in [5.41, 5.74) is 4.66. The zero-order chi connectivity index (χ0) is 20.9. The van der Waals surface area contributed by atoms with Gasteiger partial charge in [0.2, 0.25) is 0 Å². The molecule has 0 saturated heterocycles. The predicted octanol–water partition coefficient (Wildman–Crippen LogP) is 5.63. The first-order chi connectivity index (χ1) is 13.7. The summed E-state index contributed by atoms with van der Waals surface area (Å²) in [5.74, 6) is 1.38. The van der Waals surface area contributed by atoms with Crippen molar-refractivity contribution < 1.29 is 4.11 Å². The number of aromatic nitrogens is 1. The second-order valence-corrected chi connectivity index (χ2v) is 7.26. The summed E-state index contributed by atoms with van der Waals surface area (Å²) >= 11 is 0. The lowest BCUT2D eigenvalue weighted by Gasteiger charge is -2.29. The maximum Gasteiger partial charge on any atom is 0.123 e. The zero-order valence-corrected chi connectivity index (χ0v) is 15.8. The number of fused-ring (bicyclic) bond motifs is 1. The fraction of sp³-hybridized carbons (Fsp3) is 0.304. The van der Waals surface area contributed by atoms with E-state index in [4.69, 9.17) is 4.11 Å². The molecule has 3 heteroatoms. The predicted molar refractivity (Wildman–Crippen MR) is 111 cm³/mol. The van der Waals surface area contributed by atoms with E-state index < -0.39 is 6.98 Å². The number of hydrogen-bond donors (Lipinski definition) is 0. The lowest BCUT2D eigenvalue weighted by atomic mass is 10.0. The summed E-state index contributed by atoms with van der Waals surface area (Å²) in [6.07, 6.45) is 3.25. The van der Waals surface area contributed by atoms with Crippen LogP contribution in [0, 0.1) is 6.92 Å². The third-order valence-corrected chi connectivity index (χ3v) is 5.33. The lowest BCUT2D eigenvalue weighted by molar-refractivity contribution is 0.381. The van der Waals surface area contributed by atoms with Crippen LogP contribution < -0.4 is 4.90 Å². The van der Waals surface area contributed by atoms with Crippen LogP contribution in [-0.2, 0) is 0 Å². The van der Waals surface area contributed by atoms with Gasteiger partial charge in [-0.1, -0.05) is 50.2 Å². The van der Waals surface area contributed by atoms with Crippen LogP contribution in [0.5, 0.6) is 0 Å². The van der Waals surface area contributed by atoms with Gasteiger partial charge in [-0.2, -0.15) is 0 Å². The fourth-order valence-corrected chi connectivity index (χ4v) is 3.89. The smallest absolute Gasteiger partial charge is 0.123 e. The molecule has 0 radical (unpaired) electrons. The second-order valence-electron chi connectivity index (χ2n) is 7.26. The number of benzene rings is 2. The van der Waals surface area contributed by atoms with E-state index in [1.807, 2.05) is 13.1 Å². The lowest BCUT2D eigenvalue weighted by Crippen LogP contribution is -2.34. The van der Waals surface area contributed by atoms with Gasteiger partial charge in [-0.15, -0.1) is 0 Å². The molecule has 0 amide bonds. The summed E-state index contributed by atoms with van der Waals surface area (Å²) in [7, 11) is 0. The van der Waals surface area contributed by atoms with Gasteiger partial charge in [0.15, 0.2) is 0 Å². The van der Waals surface area contributed by atoms with Gasteiger partial charge >= 0.3 is 0 Å². The normalized spacial score (nSPS) is 19.3. The van der Waals surface area contributed by atoms with E-state index in [9.17, 15) is 0 Å². The average molecular weight is 349 g/mol. The van der Waals surface area contributed by atoms with E-state index in [2.05, 4.69) is 78.8 Å². The highest BCUT2D eigenvalue weighted by atomic mass is 15.4. The van der Waals surface area contributed by atoms with E-state index in [0.717, 1.165) is 22.6 Å². The molecule has 0 saturated carbocycles. The van der Waals surface area contributed by atoms with Crippen molar-refractivity contribution in [3.8, 4) is 5.69 Å².